The van der Waals surface area contributed by atoms with Gasteiger partial charge in [0.15, 0.2) is 9.84 Å². The molecule has 1 saturated carbocycles. The Morgan fingerprint density at radius 2 is 1.81 bits per heavy atom. The summed E-state index contributed by atoms with van der Waals surface area (Å²) in [4.78, 5) is 0. The topological polar surface area (TPSA) is 46.2 Å². The number of sulfone groups is 1. The van der Waals surface area contributed by atoms with Gasteiger partial charge in [0.05, 0.1) is 5.25 Å². The third-order valence-corrected chi connectivity index (χ3v) is 6.39. The van der Waals surface area contributed by atoms with Gasteiger partial charge in [-0.05, 0) is 37.2 Å². The van der Waals surface area contributed by atoms with Crippen LogP contribution in [0.5, 0.6) is 0 Å². The van der Waals surface area contributed by atoms with Crippen molar-refractivity contribution in [1.29, 1.82) is 0 Å². The van der Waals surface area contributed by atoms with Crippen LogP contribution in [0.4, 0.5) is 0 Å². The van der Waals surface area contributed by atoms with Gasteiger partial charge in [-0.25, -0.2) is 8.42 Å². The van der Waals surface area contributed by atoms with Gasteiger partial charge < -0.3 is 5.32 Å². The van der Waals surface area contributed by atoms with Crippen LogP contribution in [0.15, 0.2) is 0 Å². The molecule has 0 radical (unpaired) electrons. The smallest absolute Gasteiger partial charge is 0.151 e. The minimum absolute atomic E-state index is 0.137. The summed E-state index contributed by atoms with van der Waals surface area (Å²) in [6, 6.07) is 0.761. The molecule has 2 fully saturated rings. The Morgan fingerprint density at radius 3 is 2.44 bits per heavy atom. The van der Waals surface area contributed by atoms with Crippen LogP contribution in [0.1, 0.15) is 32.1 Å². The molecule has 0 amide bonds. The average Bonchev–Trinajstić information content (AvgIpc) is 2.67. The van der Waals surface area contributed by atoms with Gasteiger partial charge in [-0.1, -0.05) is 6.42 Å². The molecule has 16 heavy (non-hydrogen) atoms. The number of hydrogen-bond acceptors (Lipinski definition) is 4. The maximum Gasteiger partial charge on any atom is 0.151 e. The van der Waals surface area contributed by atoms with Crippen molar-refractivity contribution in [3.8, 4) is 0 Å². The van der Waals surface area contributed by atoms with Gasteiger partial charge in [0.1, 0.15) is 0 Å². The first-order valence-electron chi connectivity index (χ1n) is 6.10. The van der Waals surface area contributed by atoms with E-state index >= 15 is 0 Å². The van der Waals surface area contributed by atoms with Crippen molar-refractivity contribution in [1.82, 2.24) is 5.32 Å². The van der Waals surface area contributed by atoms with Crippen LogP contribution in [0.2, 0.25) is 0 Å². The molecular weight excluding hydrogens is 242 g/mol. The third kappa shape index (κ3) is 3.14. The standard InChI is InChI=1S/C11H21NO2S2/c1-16(13,14)11-4-2-3-10(11)12-9-5-7-15-8-6-9/h9-12H,2-8H2,1H3. The zero-order chi connectivity index (χ0) is 11.6. The Balaban J connectivity index is 1.93. The zero-order valence-corrected chi connectivity index (χ0v) is 11.4. The maximum absolute atomic E-state index is 11.6. The lowest BCUT2D eigenvalue weighted by molar-refractivity contribution is 0.408. The SMILES string of the molecule is CS(=O)(=O)C1CCCC1NC1CCSCC1. The molecule has 0 spiro atoms. The fraction of sp³-hybridized carbons (Fsp3) is 1.00. The average molecular weight is 263 g/mol. The van der Waals surface area contributed by atoms with Crippen molar-refractivity contribution >= 4 is 21.6 Å². The Kier molecular flexibility index (Phi) is 4.19. The highest BCUT2D eigenvalue weighted by Gasteiger charge is 2.35. The molecule has 5 heteroatoms. The first-order chi connectivity index (χ1) is 7.57. The van der Waals surface area contributed by atoms with Crippen molar-refractivity contribution in [2.24, 2.45) is 0 Å². The van der Waals surface area contributed by atoms with E-state index in [0.717, 1.165) is 19.3 Å². The molecule has 1 saturated heterocycles. The predicted molar refractivity (Wildman–Crippen MR) is 69.8 cm³/mol. The van der Waals surface area contributed by atoms with Crippen molar-refractivity contribution in [3.63, 3.8) is 0 Å². The summed E-state index contributed by atoms with van der Waals surface area (Å²) in [6.45, 7) is 0. The van der Waals surface area contributed by atoms with Gasteiger partial charge in [0.2, 0.25) is 0 Å². The number of thioether (sulfide) groups is 1. The summed E-state index contributed by atoms with van der Waals surface area (Å²) in [5, 5.41) is 3.44. The van der Waals surface area contributed by atoms with Crippen LogP contribution in [0.3, 0.4) is 0 Å². The molecule has 1 heterocycles. The third-order valence-electron chi connectivity index (χ3n) is 3.67. The van der Waals surface area contributed by atoms with Crippen LogP contribution >= 0.6 is 11.8 Å². The molecule has 2 aliphatic rings. The van der Waals surface area contributed by atoms with Gasteiger partial charge in [0.25, 0.3) is 0 Å². The highest BCUT2D eigenvalue weighted by molar-refractivity contribution is 7.99. The van der Waals surface area contributed by atoms with E-state index in [1.54, 1.807) is 0 Å². The fourth-order valence-corrected chi connectivity index (χ4v) is 5.31. The van der Waals surface area contributed by atoms with Crippen molar-refractivity contribution in [2.75, 3.05) is 17.8 Å². The van der Waals surface area contributed by atoms with Crippen molar-refractivity contribution in [2.45, 2.75) is 49.4 Å². The molecular formula is C11H21NO2S2. The molecule has 0 aromatic rings. The molecule has 0 bridgehead atoms. The normalized spacial score (nSPS) is 33.1. The van der Waals surface area contributed by atoms with E-state index in [4.69, 9.17) is 0 Å². The molecule has 0 aromatic carbocycles. The quantitative estimate of drug-likeness (QED) is 0.837. The minimum atomic E-state index is -2.87. The molecule has 2 unspecified atom stereocenters. The van der Waals surface area contributed by atoms with Crippen LogP contribution in [0, 0.1) is 0 Å². The molecule has 1 aliphatic carbocycles. The van der Waals surface area contributed by atoms with Gasteiger partial charge in [-0.3, -0.25) is 0 Å². The summed E-state index contributed by atoms with van der Waals surface area (Å²) < 4.78 is 23.3. The number of hydrogen-bond donors (Lipinski definition) is 1. The lowest BCUT2D eigenvalue weighted by atomic mass is 10.1. The molecule has 2 rings (SSSR count). The van der Waals surface area contributed by atoms with Gasteiger partial charge in [-0.15, -0.1) is 0 Å². The summed E-state index contributed by atoms with van der Waals surface area (Å²) in [6.07, 6.45) is 6.69. The largest absolute Gasteiger partial charge is 0.310 e. The summed E-state index contributed by atoms with van der Waals surface area (Å²) >= 11 is 2.00. The summed E-state index contributed by atoms with van der Waals surface area (Å²) in [5.41, 5.74) is 0. The molecule has 1 N–H and O–H groups in total. The van der Waals surface area contributed by atoms with Crippen molar-refractivity contribution in [3.05, 3.63) is 0 Å². The molecule has 94 valence electrons. The molecule has 0 aromatic heterocycles. The second-order valence-electron chi connectivity index (χ2n) is 4.96. The lowest BCUT2D eigenvalue weighted by Gasteiger charge is -2.28. The van der Waals surface area contributed by atoms with Crippen LogP contribution in [-0.2, 0) is 9.84 Å². The Morgan fingerprint density at radius 1 is 1.12 bits per heavy atom. The van der Waals surface area contributed by atoms with E-state index in [1.807, 2.05) is 11.8 Å². The first-order valence-corrected chi connectivity index (χ1v) is 9.21. The Labute approximate surface area is 103 Å². The van der Waals surface area contributed by atoms with E-state index < -0.39 is 9.84 Å². The molecule has 2 atom stereocenters. The lowest BCUT2D eigenvalue weighted by Crippen LogP contribution is -2.46. The maximum atomic E-state index is 11.6. The van der Waals surface area contributed by atoms with Gasteiger partial charge in [-0.2, -0.15) is 11.8 Å². The minimum Gasteiger partial charge on any atom is -0.310 e. The van der Waals surface area contributed by atoms with E-state index in [0.29, 0.717) is 6.04 Å². The number of nitrogens with one attached hydrogen (secondary N) is 1. The van der Waals surface area contributed by atoms with E-state index in [1.165, 1.54) is 30.6 Å². The highest BCUT2D eigenvalue weighted by atomic mass is 32.2. The summed E-state index contributed by atoms with van der Waals surface area (Å²) in [7, 11) is -2.87. The van der Waals surface area contributed by atoms with Crippen LogP contribution < -0.4 is 5.32 Å². The monoisotopic (exact) mass is 263 g/mol. The van der Waals surface area contributed by atoms with E-state index in [-0.39, 0.29) is 11.3 Å². The number of rotatable bonds is 3. The Bertz CT molecular complexity index is 323. The molecule has 1 aliphatic heterocycles. The first kappa shape index (κ1) is 12.7. The van der Waals surface area contributed by atoms with Gasteiger partial charge >= 0.3 is 0 Å². The van der Waals surface area contributed by atoms with Crippen LogP contribution in [-0.4, -0.2) is 43.5 Å². The second-order valence-corrected chi connectivity index (χ2v) is 8.45. The van der Waals surface area contributed by atoms with Crippen LogP contribution in [0.25, 0.3) is 0 Å². The van der Waals surface area contributed by atoms with Crippen molar-refractivity contribution < 1.29 is 8.42 Å². The summed E-state index contributed by atoms with van der Waals surface area (Å²) in [5.74, 6) is 2.43. The van der Waals surface area contributed by atoms with E-state index in [9.17, 15) is 8.42 Å². The zero-order valence-electron chi connectivity index (χ0n) is 9.81. The Hall–Kier alpha value is 0.260. The second kappa shape index (κ2) is 5.27. The fourth-order valence-electron chi connectivity index (χ4n) is 2.80. The highest BCUT2D eigenvalue weighted by Crippen LogP contribution is 2.27. The predicted octanol–water partition coefficient (Wildman–Crippen LogP) is 1.44. The van der Waals surface area contributed by atoms with Gasteiger partial charge in [0, 0.05) is 18.3 Å². The van der Waals surface area contributed by atoms with E-state index in [2.05, 4.69) is 5.32 Å². The molecule has 3 nitrogen and oxygen atoms in total.